The molecule has 0 atom stereocenters. The van der Waals surface area contributed by atoms with Crippen molar-refractivity contribution in [2.75, 3.05) is 5.32 Å². The van der Waals surface area contributed by atoms with Crippen molar-refractivity contribution >= 4 is 50.4 Å². The van der Waals surface area contributed by atoms with Crippen LogP contribution < -0.4 is 5.32 Å². The van der Waals surface area contributed by atoms with Gasteiger partial charge in [0.1, 0.15) is 5.52 Å². The van der Waals surface area contributed by atoms with Gasteiger partial charge in [-0.3, -0.25) is 14.9 Å². The number of rotatable bonds is 3. The van der Waals surface area contributed by atoms with Crippen LogP contribution in [0.5, 0.6) is 0 Å². The van der Waals surface area contributed by atoms with Crippen LogP contribution in [0.2, 0.25) is 5.02 Å². The number of non-ortho nitro benzene ring substituents is 1. The molecule has 3 aromatic rings. The lowest BCUT2D eigenvalue weighted by Gasteiger charge is -2.06. The van der Waals surface area contributed by atoms with Crippen LogP contribution in [0.15, 0.2) is 41.9 Å². The Kier molecular flexibility index (Phi) is 3.74. The maximum Gasteiger partial charge on any atom is 0.269 e. The van der Waals surface area contributed by atoms with E-state index in [0.29, 0.717) is 21.8 Å². The molecule has 3 rings (SSSR count). The molecule has 1 N–H and O–H groups in total. The Bertz CT molecular complexity index is 877. The summed E-state index contributed by atoms with van der Waals surface area (Å²) in [6.45, 7) is 0. The Morgan fingerprint density at radius 3 is 2.64 bits per heavy atom. The number of fused-ring (bicyclic) bond motifs is 1. The van der Waals surface area contributed by atoms with Gasteiger partial charge < -0.3 is 5.32 Å². The molecule has 1 amide bonds. The molecule has 0 radical (unpaired) electrons. The van der Waals surface area contributed by atoms with Crippen molar-refractivity contribution in [1.82, 2.24) is 4.98 Å². The predicted octanol–water partition coefficient (Wildman–Crippen LogP) is 4.11. The van der Waals surface area contributed by atoms with Crippen molar-refractivity contribution < 1.29 is 9.72 Å². The van der Waals surface area contributed by atoms with E-state index in [2.05, 4.69) is 10.3 Å². The van der Waals surface area contributed by atoms with Crippen molar-refractivity contribution in [2.45, 2.75) is 0 Å². The summed E-state index contributed by atoms with van der Waals surface area (Å²) in [6, 6.07) is 8.76. The predicted molar refractivity (Wildman–Crippen MR) is 85.7 cm³/mol. The van der Waals surface area contributed by atoms with E-state index < -0.39 is 4.92 Å². The quantitative estimate of drug-likeness (QED) is 0.577. The molecule has 0 aliphatic heterocycles. The summed E-state index contributed by atoms with van der Waals surface area (Å²) >= 11 is 7.41. The zero-order valence-corrected chi connectivity index (χ0v) is 12.5. The summed E-state index contributed by atoms with van der Waals surface area (Å²) in [4.78, 5) is 26.5. The SMILES string of the molecule is O=C(Nc1ccc(Cl)c2ncsc12)c1ccc([N+](=O)[O-])cc1. The highest BCUT2D eigenvalue weighted by Crippen LogP contribution is 2.32. The third kappa shape index (κ3) is 2.63. The number of hydrogen-bond acceptors (Lipinski definition) is 5. The smallest absolute Gasteiger partial charge is 0.269 e. The molecule has 2 aromatic carbocycles. The van der Waals surface area contributed by atoms with Crippen LogP contribution in [0, 0.1) is 10.1 Å². The fraction of sp³-hybridized carbons (Fsp3) is 0. The zero-order chi connectivity index (χ0) is 15.7. The first-order chi connectivity index (χ1) is 10.6. The molecule has 0 aliphatic rings. The van der Waals surface area contributed by atoms with Gasteiger partial charge in [-0.2, -0.15) is 0 Å². The number of anilines is 1. The van der Waals surface area contributed by atoms with E-state index >= 15 is 0 Å². The number of nitrogens with zero attached hydrogens (tertiary/aromatic N) is 2. The molecule has 0 saturated heterocycles. The minimum absolute atomic E-state index is 0.0621. The lowest BCUT2D eigenvalue weighted by Crippen LogP contribution is -2.11. The lowest BCUT2D eigenvalue weighted by molar-refractivity contribution is -0.384. The molecule has 22 heavy (non-hydrogen) atoms. The summed E-state index contributed by atoms with van der Waals surface area (Å²) < 4.78 is 0.780. The normalized spacial score (nSPS) is 10.6. The minimum atomic E-state index is -0.512. The fourth-order valence-electron chi connectivity index (χ4n) is 1.95. The molecule has 1 heterocycles. The van der Waals surface area contributed by atoms with Gasteiger partial charge in [-0.25, -0.2) is 4.98 Å². The molecule has 6 nitrogen and oxygen atoms in total. The van der Waals surface area contributed by atoms with Crippen molar-refractivity contribution in [3.63, 3.8) is 0 Å². The molecular formula is C14H8ClN3O3S. The standard InChI is InChI=1S/C14H8ClN3O3S/c15-10-5-6-11(13-12(10)16-7-22-13)17-14(19)8-1-3-9(4-2-8)18(20)21/h1-7H,(H,17,19). The highest BCUT2D eigenvalue weighted by molar-refractivity contribution is 7.17. The Hall–Kier alpha value is -2.51. The second-order valence-corrected chi connectivity index (χ2v) is 5.65. The van der Waals surface area contributed by atoms with Crippen LogP contribution in [-0.2, 0) is 0 Å². The fourth-order valence-corrected chi connectivity index (χ4v) is 2.99. The monoisotopic (exact) mass is 333 g/mol. The van der Waals surface area contributed by atoms with Crippen LogP contribution in [-0.4, -0.2) is 15.8 Å². The van der Waals surface area contributed by atoms with E-state index in [4.69, 9.17) is 11.6 Å². The Labute approximate surface area is 133 Å². The highest BCUT2D eigenvalue weighted by atomic mass is 35.5. The van der Waals surface area contributed by atoms with Gasteiger partial charge in [0.15, 0.2) is 0 Å². The summed E-state index contributed by atoms with van der Waals surface area (Å²) in [7, 11) is 0. The number of nitrogens with one attached hydrogen (secondary N) is 1. The van der Waals surface area contributed by atoms with Gasteiger partial charge in [-0.1, -0.05) is 11.6 Å². The molecule has 0 aliphatic carbocycles. The van der Waals surface area contributed by atoms with Gasteiger partial charge >= 0.3 is 0 Å². The average Bonchev–Trinajstić information content (AvgIpc) is 3.01. The number of nitro groups is 1. The van der Waals surface area contributed by atoms with Gasteiger partial charge in [-0.05, 0) is 24.3 Å². The van der Waals surface area contributed by atoms with Gasteiger partial charge in [0, 0.05) is 17.7 Å². The average molecular weight is 334 g/mol. The van der Waals surface area contributed by atoms with Crippen molar-refractivity contribution in [2.24, 2.45) is 0 Å². The maximum absolute atomic E-state index is 12.2. The third-order valence-corrected chi connectivity index (χ3v) is 4.19. The largest absolute Gasteiger partial charge is 0.321 e. The Balaban J connectivity index is 1.88. The van der Waals surface area contributed by atoms with E-state index in [1.807, 2.05) is 0 Å². The number of carbonyl (C=O) groups is 1. The summed E-state index contributed by atoms with van der Waals surface area (Å²) in [5.41, 5.74) is 3.16. The van der Waals surface area contributed by atoms with E-state index in [1.54, 1.807) is 17.6 Å². The van der Waals surface area contributed by atoms with Gasteiger partial charge in [0.25, 0.3) is 11.6 Å². The van der Waals surface area contributed by atoms with Crippen LogP contribution in [0.1, 0.15) is 10.4 Å². The maximum atomic E-state index is 12.2. The topological polar surface area (TPSA) is 85.1 Å². The Morgan fingerprint density at radius 1 is 1.23 bits per heavy atom. The van der Waals surface area contributed by atoms with Crippen LogP contribution in [0.4, 0.5) is 11.4 Å². The van der Waals surface area contributed by atoms with E-state index in [9.17, 15) is 14.9 Å². The number of hydrogen-bond donors (Lipinski definition) is 1. The number of amides is 1. The number of aromatic nitrogens is 1. The van der Waals surface area contributed by atoms with E-state index in [1.165, 1.54) is 35.6 Å². The highest BCUT2D eigenvalue weighted by Gasteiger charge is 2.13. The molecular weight excluding hydrogens is 326 g/mol. The number of benzene rings is 2. The first-order valence-electron chi connectivity index (χ1n) is 6.14. The van der Waals surface area contributed by atoms with E-state index in [-0.39, 0.29) is 11.6 Å². The molecule has 110 valence electrons. The number of carbonyl (C=O) groups excluding carboxylic acids is 1. The summed E-state index contributed by atoms with van der Waals surface area (Å²) in [5.74, 6) is -0.355. The zero-order valence-electron chi connectivity index (χ0n) is 10.9. The number of thiazole rings is 1. The van der Waals surface area contributed by atoms with Gasteiger partial charge in [-0.15, -0.1) is 11.3 Å². The van der Waals surface area contributed by atoms with Gasteiger partial charge in [0.05, 0.1) is 25.8 Å². The Morgan fingerprint density at radius 2 is 1.95 bits per heavy atom. The molecule has 0 saturated carbocycles. The number of nitro benzene ring substituents is 1. The van der Waals surface area contributed by atoms with Crippen molar-refractivity contribution in [3.8, 4) is 0 Å². The summed E-state index contributed by atoms with van der Waals surface area (Å²) in [5, 5.41) is 13.9. The number of halogens is 1. The summed E-state index contributed by atoms with van der Waals surface area (Å²) in [6.07, 6.45) is 0. The third-order valence-electron chi connectivity index (χ3n) is 3.02. The lowest BCUT2D eigenvalue weighted by atomic mass is 10.2. The van der Waals surface area contributed by atoms with Crippen LogP contribution in [0.3, 0.4) is 0 Å². The van der Waals surface area contributed by atoms with E-state index in [0.717, 1.165) is 4.70 Å². The van der Waals surface area contributed by atoms with Crippen molar-refractivity contribution in [1.29, 1.82) is 0 Å². The molecule has 0 fully saturated rings. The van der Waals surface area contributed by atoms with Crippen LogP contribution in [0.25, 0.3) is 10.2 Å². The van der Waals surface area contributed by atoms with Crippen molar-refractivity contribution in [3.05, 3.63) is 62.6 Å². The second-order valence-electron chi connectivity index (χ2n) is 4.38. The van der Waals surface area contributed by atoms with Crippen LogP contribution >= 0.6 is 22.9 Å². The molecule has 0 bridgehead atoms. The molecule has 0 spiro atoms. The first kappa shape index (κ1) is 14.4. The molecule has 8 heteroatoms. The minimum Gasteiger partial charge on any atom is -0.321 e. The first-order valence-corrected chi connectivity index (χ1v) is 7.39. The van der Waals surface area contributed by atoms with Gasteiger partial charge in [0.2, 0.25) is 0 Å². The molecule has 1 aromatic heterocycles. The molecule has 0 unspecified atom stereocenters. The second kappa shape index (κ2) is 5.70.